The minimum absolute atomic E-state index is 0.0261. The summed E-state index contributed by atoms with van der Waals surface area (Å²) in [4.78, 5) is 0. The van der Waals surface area contributed by atoms with Gasteiger partial charge in [-0.2, -0.15) is 9.78 Å². The van der Waals surface area contributed by atoms with Crippen LogP contribution in [0, 0.1) is 0 Å². The molecule has 0 aliphatic heterocycles. The SMILES string of the molecule is COc1cccc(/C=N\n2cnnc2-c2ccccc2)c1OC(C)C. The maximum atomic E-state index is 5.90. The normalized spacial score (nSPS) is 11.2. The molecule has 6 nitrogen and oxygen atoms in total. The van der Waals surface area contributed by atoms with Gasteiger partial charge >= 0.3 is 0 Å². The van der Waals surface area contributed by atoms with Crippen LogP contribution in [0.2, 0.25) is 0 Å². The Morgan fingerprint density at radius 3 is 2.60 bits per heavy atom. The molecular weight excluding hydrogens is 316 g/mol. The fourth-order valence-corrected chi connectivity index (χ4v) is 2.37. The van der Waals surface area contributed by atoms with Crippen LogP contribution in [0.3, 0.4) is 0 Å². The number of nitrogens with zero attached hydrogens (tertiary/aromatic N) is 4. The Morgan fingerprint density at radius 2 is 1.88 bits per heavy atom. The van der Waals surface area contributed by atoms with Gasteiger partial charge in [-0.1, -0.05) is 36.4 Å². The first kappa shape index (κ1) is 16.7. The van der Waals surface area contributed by atoms with E-state index >= 15 is 0 Å². The van der Waals surface area contributed by atoms with Crippen molar-refractivity contribution in [2.75, 3.05) is 7.11 Å². The van der Waals surface area contributed by atoms with E-state index < -0.39 is 0 Å². The molecule has 3 rings (SSSR count). The lowest BCUT2D eigenvalue weighted by molar-refractivity contribution is 0.230. The van der Waals surface area contributed by atoms with Crippen LogP contribution in [0.25, 0.3) is 11.4 Å². The minimum Gasteiger partial charge on any atom is -0.493 e. The van der Waals surface area contributed by atoms with E-state index in [1.165, 1.54) is 0 Å². The van der Waals surface area contributed by atoms with Crippen LogP contribution >= 0.6 is 0 Å². The Labute approximate surface area is 146 Å². The van der Waals surface area contributed by atoms with Crippen LogP contribution in [0.4, 0.5) is 0 Å². The van der Waals surface area contributed by atoms with Crippen molar-refractivity contribution in [1.82, 2.24) is 14.9 Å². The average molecular weight is 336 g/mol. The first-order valence-corrected chi connectivity index (χ1v) is 8.02. The van der Waals surface area contributed by atoms with Gasteiger partial charge in [0.15, 0.2) is 17.3 Å². The molecule has 0 unspecified atom stereocenters. The van der Waals surface area contributed by atoms with Gasteiger partial charge < -0.3 is 9.47 Å². The van der Waals surface area contributed by atoms with Gasteiger partial charge in [0.2, 0.25) is 0 Å². The Bertz CT molecular complexity index is 857. The van der Waals surface area contributed by atoms with Crippen molar-refractivity contribution in [3.8, 4) is 22.9 Å². The van der Waals surface area contributed by atoms with Crippen LogP contribution in [0.5, 0.6) is 11.5 Å². The summed E-state index contributed by atoms with van der Waals surface area (Å²) in [5, 5.41) is 12.6. The molecule has 0 amide bonds. The molecule has 6 heteroatoms. The minimum atomic E-state index is 0.0261. The Kier molecular flexibility index (Phi) is 5.09. The fourth-order valence-electron chi connectivity index (χ4n) is 2.37. The summed E-state index contributed by atoms with van der Waals surface area (Å²) in [5.74, 6) is 2.01. The highest BCUT2D eigenvalue weighted by Gasteiger charge is 2.11. The predicted molar refractivity (Wildman–Crippen MR) is 97.2 cm³/mol. The molecule has 0 aliphatic carbocycles. The highest BCUT2D eigenvalue weighted by molar-refractivity contribution is 5.85. The summed E-state index contributed by atoms with van der Waals surface area (Å²) in [6.07, 6.45) is 3.32. The van der Waals surface area contributed by atoms with E-state index in [4.69, 9.17) is 9.47 Å². The fraction of sp³-hybridized carbons (Fsp3) is 0.211. The van der Waals surface area contributed by atoms with Crippen LogP contribution in [0.15, 0.2) is 60.0 Å². The Balaban J connectivity index is 1.95. The van der Waals surface area contributed by atoms with Crippen LogP contribution in [-0.4, -0.2) is 34.3 Å². The van der Waals surface area contributed by atoms with Gasteiger partial charge in [0.25, 0.3) is 0 Å². The van der Waals surface area contributed by atoms with E-state index in [1.54, 1.807) is 24.3 Å². The molecular formula is C19H20N4O2. The van der Waals surface area contributed by atoms with Gasteiger partial charge in [0.05, 0.1) is 19.4 Å². The molecule has 0 N–H and O–H groups in total. The lowest BCUT2D eigenvalue weighted by atomic mass is 10.2. The quantitative estimate of drug-likeness (QED) is 0.645. The average Bonchev–Trinajstić information content (AvgIpc) is 3.09. The smallest absolute Gasteiger partial charge is 0.184 e. The van der Waals surface area contributed by atoms with E-state index in [1.807, 2.05) is 62.4 Å². The van der Waals surface area contributed by atoms with Gasteiger partial charge in [0, 0.05) is 11.1 Å². The first-order valence-electron chi connectivity index (χ1n) is 8.02. The van der Waals surface area contributed by atoms with Crippen molar-refractivity contribution in [3.05, 3.63) is 60.4 Å². The third-order valence-corrected chi connectivity index (χ3v) is 3.47. The second-order valence-electron chi connectivity index (χ2n) is 5.65. The number of rotatable bonds is 6. The number of benzene rings is 2. The van der Waals surface area contributed by atoms with Gasteiger partial charge in [-0.3, -0.25) is 0 Å². The molecule has 25 heavy (non-hydrogen) atoms. The van der Waals surface area contributed by atoms with Crippen molar-refractivity contribution < 1.29 is 9.47 Å². The monoisotopic (exact) mass is 336 g/mol. The second-order valence-corrected chi connectivity index (χ2v) is 5.65. The van der Waals surface area contributed by atoms with E-state index in [0.29, 0.717) is 17.3 Å². The van der Waals surface area contributed by atoms with E-state index in [0.717, 1.165) is 11.1 Å². The zero-order valence-corrected chi connectivity index (χ0v) is 14.5. The standard InChI is InChI=1S/C19H20N4O2/c1-14(2)25-18-16(10-7-11-17(18)24-3)12-21-23-13-20-22-19(23)15-8-5-4-6-9-15/h4-14H,1-3H3/b21-12-. The van der Waals surface area contributed by atoms with Crippen molar-refractivity contribution in [2.24, 2.45) is 5.10 Å². The Hall–Kier alpha value is -3.15. The number of para-hydroxylation sites is 1. The maximum Gasteiger partial charge on any atom is 0.184 e. The molecule has 0 aliphatic rings. The lowest BCUT2D eigenvalue weighted by Gasteiger charge is -2.15. The number of hydrogen-bond donors (Lipinski definition) is 0. The molecule has 0 atom stereocenters. The first-order chi connectivity index (χ1) is 12.2. The summed E-state index contributed by atoms with van der Waals surface area (Å²) < 4.78 is 12.9. The molecule has 0 saturated heterocycles. The summed E-state index contributed by atoms with van der Waals surface area (Å²) in [7, 11) is 1.62. The molecule has 1 heterocycles. The largest absolute Gasteiger partial charge is 0.493 e. The zero-order valence-electron chi connectivity index (χ0n) is 14.5. The van der Waals surface area contributed by atoms with Crippen molar-refractivity contribution in [2.45, 2.75) is 20.0 Å². The Morgan fingerprint density at radius 1 is 1.08 bits per heavy atom. The highest BCUT2D eigenvalue weighted by Crippen LogP contribution is 2.31. The van der Waals surface area contributed by atoms with Gasteiger partial charge in [-0.15, -0.1) is 10.2 Å². The summed E-state index contributed by atoms with van der Waals surface area (Å²) in [6.45, 7) is 3.95. The van der Waals surface area contributed by atoms with E-state index in [9.17, 15) is 0 Å². The number of ether oxygens (including phenoxy) is 2. The van der Waals surface area contributed by atoms with Gasteiger partial charge in [-0.25, -0.2) is 0 Å². The molecule has 0 saturated carbocycles. The summed E-state index contributed by atoms with van der Waals surface area (Å²) >= 11 is 0. The van der Waals surface area contributed by atoms with Crippen molar-refractivity contribution >= 4 is 6.21 Å². The van der Waals surface area contributed by atoms with Gasteiger partial charge in [-0.05, 0) is 26.0 Å². The summed E-state index contributed by atoms with van der Waals surface area (Å²) in [6, 6.07) is 15.5. The topological polar surface area (TPSA) is 61.5 Å². The van der Waals surface area contributed by atoms with Crippen LogP contribution in [0.1, 0.15) is 19.4 Å². The molecule has 2 aromatic carbocycles. The van der Waals surface area contributed by atoms with Crippen LogP contribution < -0.4 is 9.47 Å². The number of hydrogen-bond acceptors (Lipinski definition) is 5. The highest BCUT2D eigenvalue weighted by atomic mass is 16.5. The second kappa shape index (κ2) is 7.61. The van der Waals surface area contributed by atoms with Crippen molar-refractivity contribution in [3.63, 3.8) is 0 Å². The molecule has 1 aromatic heterocycles. The number of aromatic nitrogens is 3. The molecule has 3 aromatic rings. The molecule has 0 bridgehead atoms. The molecule has 0 radical (unpaired) electrons. The summed E-state index contributed by atoms with van der Waals surface area (Å²) in [5.41, 5.74) is 1.77. The third kappa shape index (κ3) is 3.85. The third-order valence-electron chi connectivity index (χ3n) is 3.47. The molecule has 0 fully saturated rings. The molecule has 0 spiro atoms. The van der Waals surface area contributed by atoms with Gasteiger partial charge in [0.1, 0.15) is 6.33 Å². The number of methoxy groups -OCH3 is 1. The van der Waals surface area contributed by atoms with Crippen molar-refractivity contribution in [1.29, 1.82) is 0 Å². The van der Waals surface area contributed by atoms with E-state index in [-0.39, 0.29) is 6.10 Å². The maximum absolute atomic E-state index is 5.90. The molecule has 128 valence electrons. The van der Waals surface area contributed by atoms with Crippen LogP contribution in [-0.2, 0) is 0 Å². The predicted octanol–water partition coefficient (Wildman–Crippen LogP) is 3.62. The lowest BCUT2D eigenvalue weighted by Crippen LogP contribution is -2.09. The zero-order chi connectivity index (χ0) is 17.6. The van der Waals surface area contributed by atoms with E-state index in [2.05, 4.69) is 15.3 Å².